The number of hydrogen-bond donors (Lipinski definition) is 2. The van der Waals surface area contributed by atoms with Crippen molar-refractivity contribution in [2.45, 2.75) is 45.6 Å². The summed E-state index contributed by atoms with van der Waals surface area (Å²) in [5.41, 5.74) is 6.59. The molecule has 1 aliphatic heterocycles. The third-order valence-corrected chi connectivity index (χ3v) is 4.49. The summed E-state index contributed by atoms with van der Waals surface area (Å²) >= 11 is 1.59. The minimum Gasteiger partial charge on any atom is -0.383 e. The van der Waals surface area contributed by atoms with E-state index in [9.17, 15) is 0 Å². The second kappa shape index (κ2) is 6.29. The standard InChI is InChI=1S/C13H22N4S/c1-2-10-12(13(14)15)18-11(16-10)9-17-7-5-3-4-6-8-17/h2-9H2,1H3,(H3,14,15). The van der Waals surface area contributed by atoms with Crippen molar-refractivity contribution >= 4 is 17.2 Å². The summed E-state index contributed by atoms with van der Waals surface area (Å²) in [6, 6.07) is 0. The average molecular weight is 266 g/mol. The molecule has 18 heavy (non-hydrogen) atoms. The number of rotatable bonds is 4. The fourth-order valence-electron chi connectivity index (χ4n) is 2.40. The van der Waals surface area contributed by atoms with Gasteiger partial charge in [0.15, 0.2) is 0 Å². The van der Waals surface area contributed by atoms with Crippen LogP contribution in [-0.2, 0) is 13.0 Å². The molecule has 0 amide bonds. The van der Waals surface area contributed by atoms with Crippen LogP contribution in [0, 0.1) is 5.41 Å². The molecule has 1 saturated heterocycles. The molecule has 2 rings (SSSR count). The highest BCUT2D eigenvalue weighted by Gasteiger charge is 2.15. The number of likely N-dealkylation sites (tertiary alicyclic amines) is 1. The van der Waals surface area contributed by atoms with Gasteiger partial charge in [0, 0.05) is 0 Å². The molecule has 0 bridgehead atoms. The van der Waals surface area contributed by atoms with Gasteiger partial charge in [0.05, 0.1) is 17.1 Å². The van der Waals surface area contributed by atoms with Gasteiger partial charge in [0.25, 0.3) is 0 Å². The predicted octanol–water partition coefficient (Wildman–Crippen LogP) is 2.37. The topological polar surface area (TPSA) is 66.0 Å². The Morgan fingerprint density at radius 1 is 1.33 bits per heavy atom. The van der Waals surface area contributed by atoms with Gasteiger partial charge in [-0.3, -0.25) is 10.3 Å². The maximum atomic E-state index is 7.58. The molecule has 100 valence electrons. The summed E-state index contributed by atoms with van der Waals surface area (Å²) in [6.45, 7) is 5.34. The number of aromatic nitrogens is 1. The highest BCUT2D eigenvalue weighted by Crippen LogP contribution is 2.21. The molecule has 0 radical (unpaired) electrons. The Bertz CT molecular complexity index is 405. The summed E-state index contributed by atoms with van der Waals surface area (Å²) in [4.78, 5) is 7.98. The summed E-state index contributed by atoms with van der Waals surface area (Å²) in [5, 5.41) is 8.69. The molecule has 0 spiro atoms. The van der Waals surface area contributed by atoms with E-state index in [-0.39, 0.29) is 5.84 Å². The van der Waals surface area contributed by atoms with Crippen molar-refractivity contribution in [3.8, 4) is 0 Å². The van der Waals surface area contributed by atoms with Crippen LogP contribution in [0.25, 0.3) is 0 Å². The lowest BCUT2D eigenvalue weighted by molar-refractivity contribution is 0.276. The zero-order chi connectivity index (χ0) is 13.0. The van der Waals surface area contributed by atoms with Crippen molar-refractivity contribution in [1.29, 1.82) is 5.41 Å². The Kier molecular flexibility index (Phi) is 4.72. The number of amidine groups is 1. The van der Waals surface area contributed by atoms with Crippen molar-refractivity contribution in [3.05, 3.63) is 15.6 Å². The Morgan fingerprint density at radius 3 is 2.50 bits per heavy atom. The maximum Gasteiger partial charge on any atom is 0.135 e. The number of nitrogens with two attached hydrogens (primary N) is 1. The molecule has 5 heteroatoms. The van der Waals surface area contributed by atoms with Gasteiger partial charge in [-0.2, -0.15) is 0 Å². The minimum atomic E-state index is 0.159. The summed E-state index contributed by atoms with van der Waals surface area (Å²) in [7, 11) is 0. The van der Waals surface area contributed by atoms with Gasteiger partial charge in [-0.1, -0.05) is 19.8 Å². The maximum absolute atomic E-state index is 7.58. The Balaban J connectivity index is 2.06. The van der Waals surface area contributed by atoms with Crippen molar-refractivity contribution in [1.82, 2.24) is 9.88 Å². The zero-order valence-electron chi connectivity index (χ0n) is 11.0. The van der Waals surface area contributed by atoms with E-state index in [2.05, 4.69) is 16.8 Å². The van der Waals surface area contributed by atoms with Crippen LogP contribution in [0.15, 0.2) is 0 Å². The van der Waals surface area contributed by atoms with E-state index < -0.39 is 0 Å². The SMILES string of the molecule is CCc1nc(CN2CCCCCC2)sc1C(=N)N. The first-order chi connectivity index (χ1) is 8.70. The zero-order valence-corrected chi connectivity index (χ0v) is 11.9. The minimum absolute atomic E-state index is 0.159. The first kappa shape index (κ1) is 13.5. The first-order valence-electron chi connectivity index (χ1n) is 6.76. The molecule has 1 fully saturated rings. The van der Waals surface area contributed by atoms with Gasteiger partial charge in [-0.15, -0.1) is 11.3 Å². The van der Waals surface area contributed by atoms with Gasteiger partial charge in [-0.05, 0) is 32.4 Å². The lowest BCUT2D eigenvalue weighted by Gasteiger charge is -2.17. The van der Waals surface area contributed by atoms with Gasteiger partial charge >= 0.3 is 0 Å². The van der Waals surface area contributed by atoms with Crippen LogP contribution in [0.2, 0.25) is 0 Å². The molecule has 0 aromatic carbocycles. The number of nitrogens with one attached hydrogen (secondary N) is 1. The van der Waals surface area contributed by atoms with E-state index >= 15 is 0 Å². The lowest BCUT2D eigenvalue weighted by atomic mass is 10.2. The molecule has 1 aromatic rings. The highest BCUT2D eigenvalue weighted by molar-refractivity contribution is 7.13. The fourth-order valence-corrected chi connectivity index (χ4v) is 3.46. The lowest BCUT2D eigenvalue weighted by Crippen LogP contribution is -2.23. The number of thiazole rings is 1. The Hall–Kier alpha value is -0.940. The van der Waals surface area contributed by atoms with Crippen LogP contribution in [0.5, 0.6) is 0 Å². The van der Waals surface area contributed by atoms with E-state index in [1.54, 1.807) is 11.3 Å². The summed E-state index contributed by atoms with van der Waals surface area (Å²) in [6.07, 6.45) is 6.16. The van der Waals surface area contributed by atoms with Crippen LogP contribution < -0.4 is 5.73 Å². The molecule has 0 aliphatic carbocycles. The van der Waals surface area contributed by atoms with Crippen molar-refractivity contribution < 1.29 is 0 Å². The van der Waals surface area contributed by atoms with E-state index in [4.69, 9.17) is 11.1 Å². The molecule has 3 N–H and O–H groups in total. The third-order valence-electron chi connectivity index (χ3n) is 3.38. The quantitative estimate of drug-likeness (QED) is 0.649. The van der Waals surface area contributed by atoms with Crippen molar-refractivity contribution in [2.75, 3.05) is 13.1 Å². The summed E-state index contributed by atoms with van der Waals surface area (Å²) < 4.78 is 0. The van der Waals surface area contributed by atoms with Crippen LogP contribution >= 0.6 is 11.3 Å². The summed E-state index contributed by atoms with van der Waals surface area (Å²) in [5.74, 6) is 0.159. The molecule has 1 aliphatic rings. The van der Waals surface area contributed by atoms with Crippen LogP contribution in [0.3, 0.4) is 0 Å². The third kappa shape index (κ3) is 3.29. The molecule has 1 aromatic heterocycles. The molecular weight excluding hydrogens is 244 g/mol. The van der Waals surface area contributed by atoms with Crippen molar-refractivity contribution in [3.63, 3.8) is 0 Å². The number of hydrogen-bond acceptors (Lipinski definition) is 4. The smallest absolute Gasteiger partial charge is 0.135 e. The van der Waals surface area contributed by atoms with Gasteiger partial charge in [-0.25, -0.2) is 4.98 Å². The Labute approximate surface area is 113 Å². The van der Waals surface area contributed by atoms with Gasteiger partial charge in [0.2, 0.25) is 0 Å². The van der Waals surface area contributed by atoms with Crippen LogP contribution in [0.1, 0.15) is 48.2 Å². The number of nitrogens with zero attached hydrogens (tertiary/aromatic N) is 2. The molecule has 2 heterocycles. The highest BCUT2D eigenvalue weighted by atomic mass is 32.1. The van der Waals surface area contributed by atoms with E-state index in [1.165, 1.54) is 38.8 Å². The molecule has 4 nitrogen and oxygen atoms in total. The largest absolute Gasteiger partial charge is 0.383 e. The van der Waals surface area contributed by atoms with E-state index in [1.807, 2.05) is 0 Å². The second-order valence-electron chi connectivity index (χ2n) is 4.84. The predicted molar refractivity (Wildman–Crippen MR) is 76.3 cm³/mol. The van der Waals surface area contributed by atoms with Crippen LogP contribution in [0.4, 0.5) is 0 Å². The van der Waals surface area contributed by atoms with E-state index in [0.29, 0.717) is 0 Å². The Morgan fingerprint density at radius 2 is 2.00 bits per heavy atom. The van der Waals surface area contributed by atoms with Crippen LogP contribution in [-0.4, -0.2) is 28.8 Å². The fraction of sp³-hybridized carbons (Fsp3) is 0.692. The molecule has 0 unspecified atom stereocenters. The van der Waals surface area contributed by atoms with Crippen molar-refractivity contribution in [2.24, 2.45) is 5.73 Å². The number of nitrogen functional groups attached to an aromatic ring is 1. The molecule has 0 saturated carbocycles. The van der Waals surface area contributed by atoms with E-state index in [0.717, 1.165) is 28.5 Å². The first-order valence-corrected chi connectivity index (χ1v) is 7.57. The molecular formula is C13H22N4S. The van der Waals surface area contributed by atoms with Gasteiger partial charge in [0.1, 0.15) is 10.8 Å². The normalized spacial score (nSPS) is 17.6. The average Bonchev–Trinajstić information content (AvgIpc) is 2.58. The van der Waals surface area contributed by atoms with Gasteiger partial charge < -0.3 is 5.73 Å². The molecule has 0 atom stereocenters. The monoisotopic (exact) mass is 266 g/mol. The second-order valence-corrected chi connectivity index (χ2v) is 5.92. The number of aryl methyl sites for hydroxylation is 1.